The quantitative estimate of drug-likeness (QED) is 0.366. The number of carbonyl (C=O) groups excluding carboxylic acids is 1. The number of anilines is 1. The highest BCUT2D eigenvalue weighted by atomic mass is 16.5. The van der Waals surface area contributed by atoms with Crippen molar-refractivity contribution >= 4 is 17.6 Å². The number of aromatic carboxylic acids is 1. The fraction of sp³-hybridized carbons (Fsp3) is 0.645. The largest absolute Gasteiger partial charge is 0.478 e. The van der Waals surface area contributed by atoms with Gasteiger partial charge in [-0.05, 0) is 93.7 Å². The summed E-state index contributed by atoms with van der Waals surface area (Å²) in [5.74, 6) is 2.28. The van der Waals surface area contributed by atoms with E-state index in [0.717, 1.165) is 61.4 Å². The average molecular weight is 520 g/mol. The number of rotatable bonds is 7. The lowest BCUT2D eigenvalue weighted by molar-refractivity contribution is -0.169. The Morgan fingerprint density at radius 1 is 1.03 bits per heavy atom. The van der Waals surface area contributed by atoms with E-state index in [0.29, 0.717) is 29.5 Å². The van der Waals surface area contributed by atoms with Crippen molar-refractivity contribution in [2.45, 2.75) is 109 Å². The van der Waals surface area contributed by atoms with Crippen LogP contribution >= 0.6 is 0 Å². The molecule has 7 nitrogen and oxygen atoms in total. The standard InChI is InChI=1S/C31H41N3O4/c1-19-9-10-24(14-25(19)30(36)37)32-29(35)27-26(33-28(34-27)23-7-5-3-2-4-6-8-23)18-38-31-15-20-11-21(16-31)13-22(12-20)17-31/h9-10,14,20-23H,2-8,11-13,15-18H2,1H3,(H,32,35)(H,33,34)(H,36,37). The molecule has 0 unspecified atom stereocenters. The predicted octanol–water partition coefficient (Wildman–Crippen LogP) is 6.98. The summed E-state index contributed by atoms with van der Waals surface area (Å²) < 4.78 is 6.75. The second kappa shape index (κ2) is 10.5. The maximum atomic E-state index is 13.5. The number of amides is 1. The molecule has 204 valence electrons. The first-order valence-corrected chi connectivity index (χ1v) is 14.8. The van der Waals surface area contributed by atoms with Gasteiger partial charge in [-0.25, -0.2) is 9.78 Å². The number of imidazole rings is 1. The van der Waals surface area contributed by atoms with E-state index in [1.165, 1.54) is 57.4 Å². The van der Waals surface area contributed by atoms with Crippen molar-refractivity contribution in [2.75, 3.05) is 5.32 Å². The fourth-order valence-corrected chi connectivity index (χ4v) is 8.20. The molecule has 0 saturated heterocycles. The second-order valence-corrected chi connectivity index (χ2v) is 12.7. The molecule has 5 aliphatic carbocycles. The van der Waals surface area contributed by atoms with Gasteiger partial charge >= 0.3 is 5.97 Å². The number of nitrogens with zero attached hydrogens (tertiary/aromatic N) is 1. The van der Waals surface area contributed by atoms with Crippen molar-refractivity contribution in [3.8, 4) is 0 Å². The van der Waals surface area contributed by atoms with Gasteiger partial charge in [-0.2, -0.15) is 0 Å². The van der Waals surface area contributed by atoms with E-state index in [9.17, 15) is 14.7 Å². The minimum absolute atomic E-state index is 0.0542. The molecule has 4 bridgehead atoms. The number of ether oxygens (including phenoxy) is 1. The first-order valence-electron chi connectivity index (χ1n) is 14.8. The van der Waals surface area contributed by atoms with Crippen molar-refractivity contribution in [3.05, 3.63) is 46.5 Å². The molecule has 5 saturated carbocycles. The lowest BCUT2D eigenvalue weighted by Crippen LogP contribution is -2.51. The molecule has 7 rings (SSSR count). The van der Waals surface area contributed by atoms with Crippen LogP contribution in [0.1, 0.15) is 127 Å². The molecule has 0 atom stereocenters. The number of aromatic nitrogens is 2. The summed E-state index contributed by atoms with van der Waals surface area (Å²) in [4.78, 5) is 33.6. The van der Waals surface area contributed by atoms with Gasteiger partial charge in [0.25, 0.3) is 5.91 Å². The van der Waals surface area contributed by atoms with E-state index in [2.05, 4.69) is 10.3 Å². The zero-order chi connectivity index (χ0) is 26.3. The molecule has 5 fully saturated rings. The van der Waals surface area contributed by atoms with Crippen molar-refractivity contribution in [3.63, 3.8) is 0 Å². The predicted molar refractivity (Wildman–Crippen MR) is 145 cm³/mol. The Labute approximate surface area is 225 Å². The highest BCUT2D eigenvalue weighted by Crippen LogP contribution is 2.57. The maximum Gasteiger partial charge on any atom is 0.336 e. The monoisotopic (exact) mass is 519 g/mol. The second-order valence-electron chi connectivity index (χ2n) is 12.7. The van der Waals surface area contributed by atoms with Crippen LogP contribution in [-0.4, -0.2) is 32.6 Å². The maximum absolute atomic E-state index is 13.5. The number of carboxylic acid groups (broad SMARTS) is 1. The van der Waals surface area contributed by atoms with Crippen LogP contribution in [-0.2, 0) is 11.3 Å². The normalized spacial score (nSPS) is 29.1. The summed E-state index contributed by atoms with van der Waals surface area (Å²) >= 11 is 0. The Morgan fingerprint density at radius 2 is 1.66 bits per heavy atom. The van der Waals surface area contributed by atoms with Crippen LogP contribution in [0, 0.1) is 24.7 Å². The molecule has 1 aromatic heterocycles. The third-order valence-electron chi connectivity index (χ3n) is 9.73. The van der Waals surface area contributed by atoms with Crippen molar-refractivity contribution in [2.24, 2.45) is 17.8 Å². The molecule has 7 heteroatoms. The van der Waals surface area contributed by atoms with Gasteiger partial charge in [-0.1, -0.05) is 38.2 Å². The average Bonchev–Trinajstić information content (AvgIpc) is 3.27. The van der Waals surface area contributed by atoms with Crippen LogP contribution in [0.25, 0.3) is 0 Å². The van der Waals surface area contributed by atoms with Crippen molar-refractivity contribution < 1.29 is 19.4 Å². The Bertz CT molecular complexity index is 1160. The SMILES string of the molecule is Cc1ccc(NC(=O)c2nc(C3CCCCCCC3)[nH]c2COC23CC4CC(CC(C4)C2)C3)cc1C(=O)O. The Morgan fingerprint density at radius 3 is 2.29 bits per heavy atom. The smallest absolute Gasteiger partial charge is 0.336 e. The molecule has 2 aromatic rings. The number of aromatic amines is 1. The molecule has 3 N–H and O–H groups in total. The molecule has 0 aliphatic heterocycles. The van der Waals surface area contributed by atoms with Crippen LogP contribution < -0.4 is 5.32 Å². The third kappa shape index (κ3) is 5.27. The van der Waals surface area contributed by atoms with Gasteiger partial charge in [0.15, 0.2) is 5.69 Å². The number of aryl methyl sites for hydroxylation is 1. The van der Waals surface area contributed by atoms with Gasteiger partial charge < -0.3 is 20.1 Å². The summed E-state index contributed by atoms with van der Waals surface area (Å²) in [5, 5.41) is 12.4. The number of benzene rings is 1. The lowest BCUT2D eigenvalue weighted by Gasteiger charge is -2.56. The van der Waals surface area contributed by atoms with E-state index >= 15 is 0 Å². The zero-order valence-corrected chi connectivity index (χ0v) is 22.6. The van der Waals surface area contributed by atoms with E-state index in [-0.39, 0.29) is 17.1 Å². The van der Waals surface area contributed by atoms with Crippen LogP contribution in [0.5, 0.6) is 0 Å². The molecule has 1 aromatic carbocycles. The summed E-state index contributed by atoms with van der Waals surface area (Å²) in [6.45, 7) is 2.12. The first-order chi connectivity index (χ1) is 18.4. The minimum atomic E-state index is -1.01. The fourth-order valence-electron chi connectivity index (χ4n) is 8.20. The summed E-state index contributed by atoms with van der Waals surface area (Å²) in [6, 6.07) is 4.98. The van der Waals surface area contributed by atoms with E-state index < -0.39 is 5.97 Å². The van der Waals surface area contributed by atoms with Crippen LogP contribution in [0.15, 0.2) is 18.2 Å². The Hall–Kier alpha value is -2.67. The Kier molecular flexibility index (Phi) is 7.06. The third-order valence-corrected chi connectivity index (χ3v) is 9.73. The van der Waals surface area contributed by atoms with Crippen LogP contribution in [0.2, 0.25) is 0 Å². The van der Waals surface area contributed by atoms with E-state index in [4.69, 9.17) is 9.72 Å². The number of carboxylic acids is 1. The number of H-pyrrole nitrogens is 1. The number of carbonyl (C=O) groups is 2. The van der Waals surface area contributed by atoms with Gasteiger partial charge in [-0.15, -0.1) is 0 Å². The van der Waals surface area contributed by atoms with Crippen molar-refractivity contribution in [1.82, 2.24) is 9.97 Å². The highest BCUT2D eigenvalue weighted by molar-refractivity contribution is 6.04. The van der Waals surface area contributed by atoms with Gasteiger partial charge in [0.2, 0.25) is 0 Å². The molecule has 1 heterocycles. The molecular weight excluding hydrogens is 478 g/mol. The van der Waals surface area contributed by atoms with Crippen LogP contribution in [0.4, 0.5) is 5.69 Å². The lowest BCUT2D eigenvalue weighted by atomic mass is 9.54. The summed E-state index contributed by atoms with van der Waals surface area (Å²) in [6.07, 6.45) is 15.9. The number of nitrogens with one attached hydrogen (secondary N) is 2. The number of hydrogen-bond acceptors (Lipinski definition) is 4. The first kappa shape index (κ1) is 25.6. The molecule has 0 radical (unpaired) electrons. The van der Waals surface area contributed by atoms with E-state index in [1.807, 2.05) is 0 Å². The summed E-state index contributed by atoms with van der Waals surface area (Å²) in [5.41, 5.74) is 2.38. The van der Waals surface area contributed by atoms with E-state index in [1.54, 1.807) is 19.1 Å². The van der Waals surface area contributed by atoms with Crippen molar-refractivity contribution in [1.29, 1.82) is 0 Å². The Balaban J connectivity index is 1.25. The number of hydrogen-bond donors (Lipinski definition) is 3. The molecular formula is C31H41N3O4. The molecule has 0 spiro atoms. The molecule has 1 amide bonds. The summed E-state index contributed by atoms with van der Waals surface area (Å²) in [7, 11) is 0. The van der Waals surface area contributed by atoms with Gasteiger partial charge in [0, 0.05) is 11.6 Å². The van der Waals surface area contributed by atoms with Gasteiger partial charge in [-0.3, -0.25) is 4.79 Å². The molecule has 38 heavy (non-hydrogen) atoms. The van der Waals surface area contributed by atoms with Crippen LogP contribution in [0.3, 0.4) is 0 Å². The highest BCUT2D eigenvalue weighted by Gasteiger charge is 2.51. The van der Waals surface area contributed by atoms with Gasteiger partial charge in [0.05, 0.1) is 23.5 Å². The minimum Gasteiger partial charge on any atom is -0.478 e. The topological polar surface area (TPSA) is 104 Å². The van der Waals surface area contributed by atoms with Gasteiger partial charge in [0.1, 0.15) is 5.82 Å². The zero-order valence-electron chi connectivity index (χ0n) is 22.6. The molecule has 5 aliphatic rings.